The van der Waals surface area contributed by atoms with E-state index in [1.807, 2.05) is 0 Å². The Hall–Kier alpha value is -1.46. The van der Waals surface area contributed by atoms with Gasteiger partial charge < -0.3 is 9.80 Å². The molecular weight excluding hydrogens is 352 g/mol. The van der Waals surface area contributed by atoms with E-state index >= 15 is 0 Å². The summed E-state index contributed by atoms with van der Waals surface area (Å²) in [7, 11) is 0. The molecule has 5 rings (SSSR count). The third kappa shape index (κ3) is 3.40. The normalized spacial score (nSPS) is 23.3. The highest BCUT2D eigenvalue weighted by Crippen LogP contribution is 2.26. The lowest BCUT2D eigenvalue weighted by atomic mass is 10.1. The Labute approximate surface area is 148 Å². The van der Waals surface area contributed by atoms with Crippen molar-refractivity contribution in [3.8, 4) is 11.3 Å². The van der Waals surface area contributed by atoms with Crippen LogP contribution in [0.15, 0.2) is 36.4 Å². The first-order chi connectivity index (χ1) is 10.8. The zero-order chi connectivity index (χ0) is 14.9. The largest absolute Gasteiger partial charge is 0.351 e. The highest BCUT2D eigenvalue weighted by Gasteiger charge is 2.29. The SMILES string of the molecule is Br.Cc1ccc(-c2ccc(N3CCN4CCC3CC4)nn2)cc1. The van der Waals surface area contributed by atoms with Crippen LogP contribution in [0.3, 0.4) is 0 Å². The van der Waals surface area contributed by atoms with Crippen molar-refractivity contribution < 1.29 is 0 Å². The minimum atomic E-state index is 0. The summed E-state index contributed by atoms with van der Waals surface area (Å²) in [6.45, 7) is 6.79. The van der Waals surface area contributed by atoms with E-state index in [2.05, 4.69) is 63.3 Å². The summed E-state index contributed by atoms with van der Waals surface area (Å²) in [6, 6.07) is 13.3. The van der Waals surface area contributed by atoms with Crippen molar-refractivity contribution in [2.24, 2.45) is 0 Å². The minimum absolute atomic E-state index is 0. The van der Waals surface area contributed by atoms with Crippen LogP contribution in [-0.2, 0) is 0 Å². The first-order valence-electron chi connectivity index (χ1n) is 8.19. The molecule has 1 aromatic carbocycles. The van der Waals surface area contributed by atoms with Gasteiger partial charge in [0.15, 0.2) is 5.82 Å². The van der Waals surface area contributed by atoms with Gasteiger partial charge in [-0.3, -0.25) is 0 Å². The molecule has 3 aliphatic heterocycles. The van der Waals surface area contributed by atoms with E-state index in [0.717, 1.165) is 30.2 Å². The topological polar surface area (TPSA) is 32.3 Å². The molecule has 4 heterocycles. The Morgan fingerprint density at radius 2 is 1.61 bits per heavy atom. The van der Waals surface area contributed by atoms with Gasteiger partial charge in [-0.2, -0.15) is 0 Å². The van der Waals surface area contributed by atoms with E-state index in [1.165, 1.54) is 31.5 Å². The Bertz CT molecular complexity index is 633. The summed E-state index contributed by atoms with van der Waals surface area (Å²) in [5.74, 6) is 1.03. The molecule has 23 heavy (non-hydrogen) atoms. The van der Waals surface area contributed by atoms with Crippen LogP contribution >= 0.6 is 17.0 Å². The van der Waals surface area contributed by atoms with Gasteiger partial charge in [-0.15, -0.1) is 27.2 Å². The van der Waals surface area contributed by atoms with Crippen molar-refractivity contribution in [1.82, 2.24) is 15.1 Å². The van der Waals surface area contributed by atoms with Crippen LogP contribution in [0.5, 0.6) is 0 Å². The van der Waals surface area contributed by atoms with Gasteiger partial charge >= 0.3 is 0 Å². The fraction of sp³-hybridized carbons (Fsp3) is 0.444. The van der Waals surface area contributed by atoms with Gasteiger partial charge in [0.05, 0.1) is 5.69 Å². The zero-order valence-electron chi connectivity index (χ0n) is 13.5. The fourth-order valence-electron chi connectivity index (χ4n) is 3.54. The molecule has 0 aliphatic carbocycles. The molecule has 0 amide bonds. The summed E-state index contributed by atoms with van der Waals surface area (Å²) < 4.78 is 0. The zero-order valence-corrected chi connectivity index (χ0v) is 15.2. The van der Waals surface area contributed by atoms with Gasteiger partial charge in [-0.1, -0.05) is 29.8 Å². The van der Waals surface area contributed by atoms with Gasteiger partial charge in [0, 0.05) is 37.8 Å². The Kier molecular flexibility index (Phi) is 4.97. The number of nitrogens with zero attached hydrogens (tertiary/aromatic N) is 4. The predicted octanol–water partition coefficient (Wildman–Crippen LogP) is 3.31. The lowest BCUT2D eigenvalue weighted by Gasteiger charge is -2.31. The van der Waals surface area contributed by atoms with Gasteiger partial charge in [-0.25, -0.2) is 0 Å². The molecule has 1 aromatic heterocycles. The van der Waals surface area contributed by atoms with E-state index in [9.17, 15) is 0 Å². The monoisotopic (exact) mass is 374 g/mol. The number of aryl methyl sites for hydroxylation is 1. The van der Waals surface area contributed by atoms with Gasteiger partial charge in [0.1, 0.15) is 0 Å². The number of piperidine rings is 1. The first-order valence-corrected chi connectivity index (χ1v) is 8.19. The molecule has 0 saturated carbocycles. The van der Waals surface area contributed by atoms with Crippen molar-refractivity contribution in [3.63, 3.8) is 0 Å². The second kappa shape index (κ2) is 6.97. The highest BCUT2D eigenvalue weighted by molar-refractivity contribution is 8.93. The molecule has 3 fully saturated rings. The van der Waals surface area contributed by atoms with Crippen LogP contribution in [0.25, 0.3) is 11.3 Å². The average Bonchev–Trinajstić information content (AvgIpc) is 2.90. The van der Waals surface area contributed by atoms with E-state index < -0.39 is 0 Å². The summed E-state index contributed by atoms with van der Waals surface area (Å²) in [4.78, 5) is 5.02. The highest BCUT2D eigenvalue weighted by atomic mass is 79.9. The van der Waals surface area contributed by atoms with Crippen LogP contribution in [-0.4, -0.2) is 47.3 Å². The molecule has 2 aromatic rings. The van der Waals surface area contributed by atoms with Crippen molar-refractivity contribution in [1.29, 1.82) is 0 Å². The molecule has 0 radical (unpaired) electrons. The molecule has 0 N–H and O–H groups in total. The molecular formula is C18H23BrN4. The van der Waals surface area contributed by atoms with E-state index in [4.69, 9.17) is 0 Å². The molecule has 5 heteroatoms. The second-order valence-corrected chi connectivity index (χ2v) is 6.41. The standard InChI is InChI=1S/C18H22N4.BrH/c1-14-2-4-15(5-3-14)17-6-7-18(20-19-17)22-13-12-21-10-8-16(22)9-11-21;/h2-7,16H,8-13H2,1H3;1H. The lowest BCUT2D eigenvalue weighted by molar-refractivity contribution is 0.250. The maximum absolute atomic E-state index is 4.52. The Balaban J connectivity index is 0.00000156. The third-order valence-electron chi connectivity index (χ3n) is 4.95. The molecule has 122 valence electrons. The maximum Gasteiger partial charge on any atom is 0.151 e. The number of anilines is 1. The average molecular weight is 375 g/mol. The van der Waals surface area contributed by atoms with Gasteiger partial charge in [-0.05, 0) is 31.9 Å². The van der Waals surface area contributed by atoms with Crippen LogP contribution in [0, 0.1) is 6.92 Å². The van der Waals surface area contributed by atoms with E-state index in [1.54, 1.807) is 0 Å². The van der Waals surface area contributed by atoms with Crippen molar-refractivity contribution >= 4 is 22.8 Å². The molecule has 3 saturated heterocycles. The molecule has 4 nitrogen and oxygen atoms in total. The summed E-state index contributed by atoms with van der Waals surface area (Å²) in [5.41, 5.74) is 3.35. The molecule has 0 unspecified atom stereocenters. The molecule has 2 bridgehead atoms. The lowest BCUT2D eigenvalue weighted by Crippen LogP contribution is -2.38. The third-order valence-corrected chi connectivity index (χ3v) is 4.95. The summed E-state index contributed by atoms with van der Waals surface area (Å²) in [5, 5.41) is 8.98. The Morgan fingerprint density at radius 3 is 2.26 bits per heavy atom. The van der Waals surface area contributed by atoms with Gasteiger partial charge in [0.2, 0.25) is 0 Å². The van der Waals surface area contributed by atoms with Crippen molar-refractivity contribution in [2.45, 2.75) is 25.8 Å². The molecule has 0 atom stereocenters. The summed E-state index contributed by atoms with van der Waals surface area (Å²) in [6.07, 6.45) is 2.50. The van der Waals surface area contributed by atoms with Crippen molar-refractivity contribution in [3.05, 3.63) is 42.0 Å². The number of rotatable bonds is 2. The van der Waals surface area contributed by atoms with E-state index in [-0.39, 0.29) is 17.0 Å². The molecule has 0 spiro atoms. The van der Waals surface area contributed by atoms with E-state index in [0.29, 0.717) is 6.04 Å². The van der Waals surface area contributed by atoms with Gasteiger partial charge in [0.25, 0.3) is 0 Å². The number of aromatic nitrogens is 2. The van der Waals surface area contributed by atoms with Crippen LogP contribution in [0.2, 0.25) is 0 Å². The van der Waals surface area contributed by atoms with Crippen LogP contribution in [0.4, 0.5) is 5.82 Å². The fourth-order valence-corrected chi connectivity index (χ4v) is 3.54. The number of hydrogen-bond donors (Lipinski definition) is 0. The van der Waals surface area contributed by atoms with Crippen LogP contribution in [0.1, 0.15) is 18.4 Å². The maximum atomic E-state index is 4.52. The number of halogens is 1. The first kappa shape index (κ1) is 16.4. The van der Waals surface area contributed by atoms with Crippen LogP contribution < -0.4 is 4.90 Å². The number of benzene rings is 1. The smallest absolute Gasteiger partial charge is 0.151 e. The number of hydrogen-bond acceptors (Lipinski definition) is 4. The molecule has 3 aliphatic rings. The minimum Gasteiger partial charge on any atom is -0.351 e. The summed E-state index contributed by atoms with van der Waals surface area (Å²) >= 11 is 0. The number of fused-ring (bicyclic) bond motifs is 4. The second-order valence-electron chi connectivity index (χ2n) is 6.41. The Morgan fingerprint density at radius 1 is 0.870 bits per heavy atom. The predicted molar refractivity (Wildman–Crippen MR) is 99.3 cm³/mol. The quantitative estimate of drug-likeness (QED) is 0.806. The van der Waals surface area contributed by atoms with Crippen molar-refractivity contribution in [2.75, 3.05) is 31.1 Å².